The van der Waals surface area contributed by atoms with Gasteiger partial charge in [0, 0.05) is 0 Å². The molecule has 0 spiro atoms. The highest BCUT2D eigenvalue weighted by Gasteiger charge is 2.11. The summed E-state index contributed by atoms with van der Waals surface area (Å²) in [6, 6.07) is 4.13. The summed E-state index contributed by atoms with van der Waals surface area (Å²) in [6.07, 6.45) is 4.99. The van der Waals surface area contributed by atoms with Crippen LogP contribution in [0.25, 0.3) is 0 Å². The third-order valence-electron chi connectivity index (χ3n) is 2.16. The Hall–Kier alpha value is -2.68. The second kappa shape index (κ2) is 6.91. The molecule has 19 heavy (non-hydrogen) atoms. The van der Waals surface area contributed by atoms with Gasteiger partial charge in [0.25, 0.3) is 5.91 Å². The van der Waals surface area contributed by atoms with Gasteiger partial charge in [-0.3, -0.25) is 4.79 Å². The molecule has 1 aromatic carbocycles. The second-order valence-corrected chi connectivity index (χ2v) is 3.44. The van der Waals surface area contributed by atoms with Gasteiger partial charge in [-0.25, -0.2) is 4.79 Å². The fourth-order valence-electron chi connectivity index (χ4n) is 1.27. The predicted octanol–water partition coefficient (Wildman–Crippen LogP) is 0.522. The number of carbonyl (C=O) groups is 2. The number of rotatable bonds is 6. The first-order valence-corrected chi connectivity index (χ1v) is 5.32. The zero-order valence-electron chi connectivity index (χ0n) is 10.3. The molecule has 0 unspecified atom stereocenters. The second-order valence-electron chi connectivity index (χ2n) is 3.44. The summed E-state index contributed by atoms with van der Waals surface area (Å²) in [6.45, 7) is -0.171. The number of carboxylic acids is 1. The quantitative estimate of drug-likeness (QED) is 0.731. The van der Waals surface area contributed by atoms with Crippen molar-refractivity contribution >= 4 is 11.9 Å². The number of aromatic carboxylic acids is 1. The molecule has 0 aliphatic carbocycles. The molecule has 0 atom stereocenters. The maximum atomic E-state index is 11.3. The number of carbonyl (C=O) groups excluding carboxylic acids is 1. The summed E-state index contributed by atoms with van der Waals surface area (Å²) in [7, 11) is 1.42. The lowest BCUT2D eigenvalue weighted by atomic mass is 10.2. The Morgan fingerprint density at radius 3 is 2.74 bits per heavy atom. The van der Waals surface area contributed by atoms with Crippen LogP contribution in [0.3, 0.4) is 0 Å². The number of nitrogens with one attached hydrogen (secondary N) is 1. The van der Waals surface area contributed by atoms with E-state index in [0.29, 0.717) is 5.75 Å². The molecule has 0 fully saturated rings. The first-order chi connectivity index (χ1) is 9.08. The SMILES string of the molecule is C#CCNC(=O)COc1cc(C(=O)O)ccc1OC. The zero-order valence-corrected chi connectivity index (χ0v) is 10.3. The molecule has 1 aromatic rings. The molecule has 6 heteroatoms. The smallest absolute Gasteiger partial charge is 0.335 e. The fourth-order valence-corrected chi connectivity index (χ4v) is 1.27. The summed E-state index contributed by atoms with van der Waals surface area (Å²) in [5.74, 6) is 1.28. The van der Waals surface area contributed by atoms with Crippen LogP contribution in [0.5, 0.6) is 11.5 Å². The van der Waals surface area contributed by atoms with Crippen LogP contribution >= 0.6 is 0 Å². The minimum absolute atomic E-state index is 0.0415. The zero-order chi connectivity index (χ0) is 14.3. The third kappa shape index (κ3) is 4.24. The molecule has 1 amide bonds. The molecular formula is C13H13NO5. The molecule has 100 valence electrons. The first kappa shape index (κ1) is 14.4. The average molecular weight is 263 g/mol. The van der Waals surface area contributed by atoms with Crippen LogP contribution in [0.15, 0.2) is 18.2 Å². The van der Waals surface area contributed by atoms with E-state index in [1.165, 1.54) is 25.3 Å². The molecule has 6 nitrogen and oxygen atoms in total. The normalized spacial score (nSPS) is 9.26. The van der Waals surface area contributed by atoms with Crippen molar-refractivity contribution in [1.82, 2.24) is 5.32 Å². The van der Waals surface area contributed by atoms with Gasteiger partial charge >= 0.3 is 5.97 Å². The number of benzene rings is 1. The topological polar surface area (TPSA) is 84.9 Å². The number of amides is 1. The van der Waals surface area contributed by atoms with Crippen LogP contribution in [0.1, 0.15) is 10.4 Å². The highest BCUT2D eigenvalue weighted by atomic mass is 16.5. The molecule has 0 saturated carbocycles. The Balaban J connectivity index is 2.75. The lowest BCUT2D eigenvalue weighted by Gasteiger charge is -2.10. The standard InChI is InChI=1S/C13H13NO5/c1-3-6-14-12(15)8-19-11-7-9(13(16)17)4-5-10(11)18-2/h1,4-5,7H,6,8H2,2H3,(H,14,15)(H,16,17). The van der Waals surface area contributed by atoms with E-state index in [4.69, 9.17) is 21.0 Å². The van der Waals surface area contributed by atoms with Crippen molar-refractivity contribution in [3.8, 4) is 23.8 Å². The largest absolute Gasteiger partial charge is 0.493 e. The van der Waals surface area contributed by atoms with Gasteiger partial charge in [-0.2, -0.15) is 0 Å². The van der Waals surface area contributed by atoms with Crippen molar-refractivity contribution in [2.24, 2.45) is 0 Å². The van der Waals surface area contributed by atoms with E-state index in [2.05, 4.69) is 11.2 Å². The Morgan fingerprint density at radius 1 is 1.42 bits per heavy atom. The Morgan fingerprint density at radius 2 is 2.16 bits per heavy atom. The van der Waals surface area contributed by atoms with Gasteiger partial charge in [0.15, 0.2) is 18.1 Å². The molecule has 0 aliphatic heterocycles. The van der Waals surface area contributed by atoms with Crippen LogP contribution in [-0.4, -0.2) is 37.2 Å². The van der Waals surface area contributed by atoms with E-state index in [1.54, 1.807) is 0 Å². The predicted molar refractivity (Wildman–Crippen MR) is 67.3 cm³/mol. The molecule has 0 aliphatic rings. The Kier molecular flexibility index (Phi) is 5.23. The van der Waals surface area contributed by atoms with E-state index in [-0.39, 0.29) is 24.5 Å². The molecule has 0 bridgehead atoms. The summed E-state index contributed by atoms with van der Waals surface area (Å²) < 4.78 is 10.2. The highest BCUT2D eigenvalue weighted by molar-refractivity contribution is 5.88. The number of carboxylic acid groups (broad SMARTS) is 1. The maximum Gasteiger partial charge on any atom is 0.335 e. The van der Waals surface area contributed by atoms with Crippen molar-refractivity contribution in [2.45, 2.75) is 0 Å². The number of methoxy groups -OCH3 is 1. The Bertz CT molecular complexity index is 518. The minimum atomic E-state index is -1.09. The van der Waals surface area contributed by atoms with Gasteiger partial charge in [0.05, 0.1) is 19.2 Å². The van der Waals surface area contributed by atoms with Gasteiger partial charge in [-0.15, -0.1) is 6.42 Å². The van der Waals surface area contributed by atoms with Gasteiger partial charge in [-0.05, 0) is 18.2 Å². The van der Waals surface area contributed by atoms with Crippen molar-refractivity contribution < 1.29 is 24.2 Å². The van der Waals surface area contributed by atoms with Gasteiger partial charge in [0.2, 0.25) is 0 Å². The molecule has 1 rings (SSSR count). The fraction of sp³-hybridized carbons (Fsp3) is 0.231. The number of hydrogen-bond donors (Lipinski definition) is 2. The molecule has 2 N–H and O–H groups in total. The maximum absolute atomic E-state index is 11.3. The first-order valence-electron chi connectivity index (χ1n) is 5.32. The number of terminal acetylenes is 1. The summed E-state index contributed by atoms with van der Waals surface area (Å²) >= 11 is 0. The summed E-state index contributed by atoms with van der Waals surface area (Å²) in [5, 5.41) is 11.3. The van der Waals surface area contributed by atoms with Crippen molar-refractivity contribution in [2.75, 3.05) is 20.3 Å². The monoisotopic (exact) mass is 263 g/mol. The van der Waals surface area contributed by atoms with E-state index in [9.17, 15) is 9.59 Å². The summed E-state index contributed by atoms with van der Waals surface area (Å²) in [5.41, 5.74) is 0.0415. The van der Waals surface area contributed by atoms with Crippen LogP contribution in [0, 0.1) is 12.3 Å². The van der Waals surface area contributed by atoms with Crippen molar-refractivity contribution in [1.29, 1.82) is 0 Å². The van der Waals surface area contributed by atoms with E-state index in [1.807, 2.05) is 0 Å². The van der Waals surface area contributed by atoms with E-state index < -0.39 is 11.9 Å². The number of hydrogen-bond acceptors (Lipinski definition) is 4. The molecular weight excluding hydrogens is 250 g/mol. The van der Waals surface area contributed by atoms with Crippen LogP contribution in [0.4, 0.5) is 0 Å². The van der Waals surface area contributed by atoms with Crippen molar-refractivity contribution in [3.63, 3.8) is 0 Å². The average Bonchev–Trinajstić information content (AvgIpc) is 2.42. The van der Waals surface area contributed by atoms with E-state index >= 15 is 0 Å². The lowest BCUT2D eigenvalue weighted by Crippen LogP contribution is -2.29. The molecule has 0 heterocycles. The van der Waals surface area contributed by atoms with Crippen LogP contribution in [0.2, 0.25) is 0 Å². The third-order valence-corrected chi connectivity index (χ3v) is 2.16. The van der Waals surface area contributed by atoms with Crippen LogP contribution < -0.4 is 14.8 Å². The highest BCUT2D eigenvalue weighted by Crippen LogP contribution is 2.27. The molecule has 0 radical (unpaired) electrons. The Labute approximate surface area is 110 Å². The molecule has 0 saturated heterocycles. The molecule has 0 aromatic heterocycles. The minimum Gasteiger partial charge on any atom is -0.493 e. The van der Waals surface area contributed by atoms with Gasteiger partial charge < -0.3 is 19.9 Å². The van der Waals surface area contributed by atoms with Crippen LogP contribution in [-0.2, 0) is 4.79 Å². The van der Waals surface area contributed by atoms with E-state index in [0.717, 1.165) is 0 Å². The summed E-state index contributed by atoms with van der Waals surface area (Å²) in [4.78, 5) is 22.1. The lowest BCUT2D eigenvalue weighted by molar-refractivity contribution is -0.122. The van der Waals surface area contributed by atoms with Crippen molar-refractivity contribution in [3.05, 3.63) is 23.8 Å². The van der Waals surface area contributed by atoms with Gasteiger partial charge in [-0.1, -0.05) is 5.92 Å². The van der Waals surface area contributed by atoms with Gasteiger partial charge in [0.1, 0.15) is 0 Å². The number of ether oxygens (including phenoxy) is 2.